The molecular formula is C12H14F4N2O2S. The van der Waals surface area contributed by atoms with Crippen molar-refractivity contribution in [2.75, 3.05) is 13.1 Å². The maximum atomic E-state index is 13.2. The van der Waals surface area contributed by atoms with Gasteiger partial charge in [0.2, 0.25) is 10.0 Å². The number of rotatable bonds is 3. The molecule has 2 N–H and O–H groups in total. The Morgan fingerprint density at radius 1 is 1.33 bits per heavy atom. The molecule has 0 spiro atoms. The van der Waals surface area contributed by atoms with Crippen LogP contribution in [0.2, 0.25) is 0 Å². The zero-order valence-electron chi connectivity index (χ0n) is 10.9. The smallest absolute Gasteiger partial charge is 0.329 e. The molecule has 1 heterocycles. The molecule has 1 aliphatic rings. The highest BCUT2D eigenvalue weighted by molar-refractivity contribution is 7.89. The molecule has 1 saturated heterocycles. The predicted molar refractivity (Wildman–Crippen MR) is 67.4 cm³/mol. The summed E-state index contributed by atoms with van der Waals surface area (Å²) in [7, 11) is -4.11. The number of hydrogen-bond donors (Lipinski definition) is 1. The molecule has 0 amide bonds. The van der Waals surface area contributed by atoms with Gasteiger partial charge in [0.05, 0.1) is 10.5 Å². The van der Waals surface area contributed by atoms with E-state index >= 15 is 0 Å². The number of nitrogens with zero attached hydrogens (tertiary/aromatic N) is 1. The van der Waals surface area contributed by atoms with E-state index < -0.39 is 38.5 Å². The lowest BCUT2D eigenvalue weighted by Crippen LogP contribution is -2.39. The molecule has 0 aliphatic carbocycles. The molecule has 0 radical (unpaired) electrons. The van der Waals surface area contributed by atoms with Crippen LogP contribution in [-0.4, -0.2) is 31.9 Å². The fourth-order valence-electron chi connectivity index (χ4n) is 2.38. The summed E-state index contributed by atoms with van der Waals surface area (Å²) in [6, 6.07) is 1.25. The second kappa shape index (κ2) is 5.54. The number of alkyl halides is 3. The maximum Gasteiger partial charge on any atom is 0.419 e. The molecule has 118 valence electrons. The van der Waals surface area contributed by atoms with Gasteiger partial charge in [0.1, 0.15) is 5.82 Å². The van der Waals surface area contributed by atoms with E-state index in [9.17, 15) is 26.0 Å². The second-order valence-electron chi connectivity index (χ2n) is 4.79. The molecule has 0 bridgehead atoms. The minimum atomic E-state index is -4.95. The van der Waals surface area contributed by atoms with Gasteiger partial charge in [0, 0.05) is 19.1 Å². The third-order valence-corrected chi connectivity index (χ3v) is 5.39. The second-order valence-corrected chi connectivity index (χ2v) is 6.68. The minimum absolute atomic E-state index is 0.0898. The molecule has 0 saturated carbocycles. The van der Waals surface area contributed by atoms with Crippen LogP contribution in [0.5, 0.6) is 0 Å². The molecular weight excluding hydrogens is 312 g/mol. The van der Waals surface area contributed by atoms with E-state index in [-0.39, 0.29) is 13.1 Å². The molecule has 4 nitrogen and oxygen atoms in total. The van der Waals surface area contributed by atoms with Crippen molar-refractivity contribution in [1.29, 1.82) is 0 Å². The molecule has 1 fully saturated rings. The standard InChI is InChI=1S/C12H14F4N2O2S/c13-11-4-3-9(6-10(11)12(14,15)16)21(19,20)18-5-1-2-8(18)7-17/h3-4,6,8H,1-2,5,7,17H2/t8-/m1/s1. The van der Waals surface area contributed by atoms with Crippen molar-refractivity contribution in [2.45, 2.75) is 30.0 Å². The van der Waals surface area contributed by atoms with Gasteiger partial charge in [-0.2, -0.15) is 17.5 Å². The van der Waals surface area contributed by atoms with Gasteiger partial charge in [-0.25, -0.2) is 12.8 Å². The zero-order valence-corrected chi connectivity index (χ0v) is 11.7. The molecule has 21 heavy (non-hydrogen) atoms. The van der Waals surface area contributed by atoms with Crippen LogP contribution >= 0.6 is 0 Å². The van der Waals surface area contributed by atoms with Crippen LogP contribution < -0.4 is 5.73 Å². The molecule has 1 atom stereocenters. The van der Waals surface area contributed by atoms with E-state index in [0.717, 1.165) is 10.4 Å². The van der Waals surface area contributed by atoms with Crippen LogP contribution in [0.4, 0.5) is 17.6 Å². The normalized spacial score (nSPS) is 20.9. The Hall–Kier alpha value is -1.19. The average Bonchev–Trinajstić information content (AvgIpc) is 2.86. The van der Waals surface area contributed by atoms with Crippen LogP contribution in [0.25, 0.3) is 0 Å². The van der Waals surface area contributed by atoms with E-state index in [1.807, 2.05) is 0 Å². The highest BCUT2D eigenvalue weighted by Crippen LogP contribution is 2.34. The van der Waals surface area contributed by atoms with Gasteiger partial charge in [0.15, 0.2) is 0 Å². The van der Waals surface area contributed by atoms with Crippen molar-refractivity contribution >= 4 is 10.0 Å². The number of nitrogens with two attached hydrogens (primary N) is 1. The topological polar surface area (TPSA) is 63.4 Å². The summed E-state index contributed by atoms with van der Waals surface area (Å²) < 4.78 is 77.1. The summed E-state index contributed by atoms with van der Waals surface area (Å²) in [4.78, 5) is -0.573. The maximum absolute atomic E-state index is 13.2. The number of benzene rings is 1. The molecule has 1 aromatic carbocycles. The number of sulfonamides is 1. The first-order valence-corrected chi connectivity index (χ1v) is 7.70. The Bertz CT molecular complexity index is 631. The summed E-state index contributed by atoms with van der Waals surface area (Å²) in [5, 5.41) is 0. The third-order valence-electron chi connectivity index (χ3n) is 3.45. The minimum Gasteiger partial charge on any atom is -0.329 e. The fraction of sp³-hybridized carbons (Fsp3) is 0.500. The lowest BCUT2D eigenvalue weighted by atomic mass is 10.2. The van der Waals surface area contributed by atoms with E-state index in [1.54, 1.807) is 0 Å². The lowest BCUT2D eigenvalue weighted by molar-refractivity contribution is -0.140. The van der Waals surface area contributed by atoms with Crippen molar-refractivity contribution in [2.24, 2.45) is 5.73 Å². The first-order chi connectivity index (χ1) is 9.67. The summed E-state index contributed by atoms with van der Waals surface area (Å²) in [5.41, 5.74) is 3.89. The van der Waals surface area contributed by atoms with E-state index in [2.05, 4.69) is 0 Å². The van der Waals surface area contributed by atoms with Crippen molar-refractivity contribution in [3.8, 4) is 0 Å². The molecule has 0 aromatic heterocycles. The average molecular weight is 326 g/mol. The van der Waals surface area contributed by atoms with E-state index in [0.29, 0.717) is 25.0 Å². The van der Waals surface area contributed by atoms with Crippen LogP contribution in [0.3, 0.4) is 0 Å². The third kappa shape index (κ3) is 3.04. The Balaban J connectivity index is 2.46. The van der Waals surface area contributed by atoms with Gasteiger partial charge in [-0.3, -0.25) is 0 Å². The van der Waals surface area contributed by atoms with Crippen LogP contribution in [0.15, 0.2) is 23.1 Å². The largest absolute Gasteiger partial charge is 0.419 e. The fourth-order valence-corrected chi connectivity index (χ4v) is 4.11. The molecule has 1 aliphatic heterocycles. The SMILES string of the molecule is NC[C@H]1CCCN1S(=O)(=O)c1ccc(F)c(C(F)(F)F)c1. The molecule has 9 heteroatoms. The number of hydrogen-bond acceptors (Lipinski definition) is 3. The van der Waals surface area contributed by atoms with Crippen molar-refractivity contribution in [3.63, 3.8) is 0 Å². The Morgan fingerprint density at radius 2 is 2.00 bits per heavy atom. The highest BCUT2D eigenvalue weighted by atomic mass is 32.2. The first kappa shape index (κ1) is 16.2. The van der Waals surface area contributed by atoms with Crippen LogP contribution in [0, 0.1) is 5.82 Å². The lowest BCUT2D eigenvalue weighted by Gasteiger charge is -2.23. The Morgan fingerprint density at radius 3 is 2.57 bits per heavy atom. The zero-order chi connectivity index (χ0) is 15.8. The monoisotopic (exact) mass is 326 g/mol. The predicted octanol–water partition coefficient (Wildman–Crippen LogP) is 1.96. The van der Waals surface area contributed by atoms with Crippen LogP contribution in [-0.2, 0) is 16.2 Å². The van der Waals surface area contributed by atoms with E-state index in [1.165, 1.54) is 0 Å². The molecule has 2 rings (SSSR count). The first-order valence-electron chi connectivity index (χ1n) is 6.26. The van der Waals surface area contributed by atoms with Gasteiger partial charge in [-0.15, -0.1) is 0 Å². The van der Waals surface area contributed by atoms with Gasteiger partial charge < -0.3 is 5.73 Å². The summed E-state index contributed by atoms with van der Waals surface area (Å²) in [5.74, 6) is -1.50. The van der Waals surface area contributed by atoms with Gasteiger partial charge in [-0.05, 0) is 31.0 Å². The van der Waals surface area contributed by atoms with Gasteiger partial charge >= 0.3 is 6.18 Å². The highest BCUT2D eigenvalue weighted by Gasteiger charge is 2.38. The molecule has 0 unspecified atom stereocenters. The van der Waals surface area contributed by atoms with E-state index in [4.69, 9.17) is 5.73 Å². The Labute approximate surface area is 119 Å². The quantitative estimate of drug-likeness (QED) is 0.864. The van der Waals surface area contributed by atoms with Crippen molar-refractivity contribution < 1.29 is 26.0 Å². The van der Waals surface area contributed by atoms with Crippen molar-refractivity contribution in [3.05, 3.63) is 29.6 Å². The van der Waals surface area contributed by atoms with Gasteiger partial charge in [-0.1, -0.05) is 0 Å². The molecule has 1 aromatic rings. The van der Waals surface area contributed by atoms with Gasteiger partial charge in [0.25, 0.3) is 0 Å². The summed E-state index contributed by atoms with van der Waals surface area (Å²) in [6.45, 7) is 0.287. The van der Waals surface area contributed by atoms with Crippen molar-refractivity contribution in [1.82, 2.24) is 4.31 Å². The Kier molecular flexibility index (Phi) is 4.27. The summed E-state index contributed by atoms with van der Waals surface area (Å²) >= 11 is 0. The number of halogens is 4. The summed E-state index contributed by atoms with van der Waals surface area (Å²) in [6.07, 6.45) is -3.80. The van der Waals surface area contributed by atoms with Crippen LogP contribution in [0.1, 0.15) is 18.4 Å².